The molecular formula is C27H26Cl2FN5O2. The molecule has 2 atom stereocenters. The molecule has 1 aromatic heterocycles. The number of rotatable bonds is 5. The number of aromatic nitrogens is 2. The molecule has 5 rings (SSSR count). The molecule has 2 unspecified atom stereocenters. The van der Waals surface area contributed by atoms with Gasteiger partial charge in [-0.05, 0) is 54.4 Å². The van der Waals surface area contributed by atoms with Crippen LogP contribution in [-0.2, 0) is 11.3 Å². The number of imidazole rings is 1. The van der Waals surface area contributed by atoms with Crippen molar-refractivity contribution < 1.29 is 14.3 Å². The average molecular weight is 542 g/mol. The third-order valence-electron chi connectivity index (χ3n) is 6.75. The first kappa shape index (κ1) is 25.3. The fraction of sp³-hybridized carbons (Fsp3) is 0.259. The normalized spacial score (nSPS) is 17.8. The molecule has 3 N–H and O–H groups in total. The molecule has 2 heterocycles. The number of hydrogen-bond donors (Lipinski definition) is 3. The summed E-state index contributed by atoms with van der Waals surface area (Å²) in [6.45, 7) is 2.55. The van der Waals surface area contributed by atoms with E-state index in [1.807, 2.05) is 23.1 Å². The molecule has 0 radical (unpaired) electrons. The van der Waals surface area contributed by atoms with Gasteiger partial charge in [-0.2, -0.15) is 0 Å². The van der Waals surface area contributed by atoms with Crippen molar-refractivity contribution in [3.05, 3.63) is 87.7 Å². The molecule has 10 heteroatoms. The summed E-state index contributed by atoms with van der Waals surface area (Å²) in [4.78, 5) is 13.7. The third kappa shape index (κ3) is 4.97. The van der Waals surface area contributed by atoms with E-state index in [1.54, 1.807) is 39.5 Å². The van der Waals surface area contributed by atoms with Crippen LogP contribution in [0.1, 0.15) is 24.9 Å². The number of aliphatic hydroxyl groups excluding tert-OH is 1. The van der Waals surface area contributed by atoms with Gasteiger partial charge in [0.25, 0.3) is 0 Å². The third-order valence-corrected chi connectivity index (χ3v) is 7.35. The van der Waals surface area contributed by atoms with Gasteiger partial charge < -0.3 is 24.5 Å². The zero-order valence-corrected chi connectivity index (χ0v) is 21.6. The Balaban J connectivity index is 1.51. The molecule has 192 valence electrons. The number of carbonyl (C=O) groups is 1. The van der Waals surface area contributed by atoms with Crippen LogP contribution in [-0.4, -0.2) is 39.3 Å². The van der Waals surface area contributed by atoms with E-state index in [1.165, 1.54) is 19.1 Å². The Kier molecular flexibility index (Phi) is 6.98. The Morgan fingerprint density at radius 2 is 1.92 bits per heavy atom. The van der Waals surface area contributed by atoms with Crippen LogP contribution >= 0.6 is 23.2 Å². The molecule has 1 aliphatic heterocycles. The van der Waals surface area contributed by atoms with Crippen LogP contribution in [0.5, 0.6) is 0 Å². The molecule has 0 aliphatic carbocycles. The summed E-state index contributed by atoms with van der Waals surface area (Å²) in [6, 6.07) is 16.6. The summed E-state index contributed by atoms with van der Waals surface area (Å²) in [7, 11) is 0. The highest BCUT2D eigenvalue weighted by atomic mass is 35.5. The number of halogens is 3. The molecular weight excluding hydrogens is 516 g/mol. The Bertz CT molecular complexity index is 1550. The van der Waals surface area contributed by atoms with Crippen LogP contribution in [0.2, 0.25) is 10.0 Å². The van der Waals surface area contributed by atoms with Crippen molar-refractivity contribution >= 4 is 51.5 Å². The number of anilines is 2. The lowest BCUT2D eigenvalue weighted by atomic mass is 10.00. The SMILES string of the molecule is CC(=O)Nc1ccc(Cl)cc1N1CCC(n2c(=N)n(Cc3ccccc3Cl)c3ccc(F)cc32)C(O)C1. The minimum Gasteiger partial charge on any atom is -0.389 e. The first-order chi connectivity index (χ1) is 17.7. The fourth-order valence-electron chi connectivity index (χ4n) is 5.07. The molecule has 0 spiro atoms. The standard InChI is InChI=1S/C27H26Cl2FN5O2/c1-16(36)32-21-8-6-18(28)12-24(21)33-11-10-23(26(37)15-33)35-25-13-19(30)7-9-22(25)34(27(35)31)14-17-4-2-3-5-20(17)29/h2-9,12-13,23,26,31,37H,10-11,14-15H2,1H3,(H,32,36). The Labute approximate surface area is 223 Å². The lowest BCUT2D eigenvalue weighted by molar-refractivity contribution is -0.114. The van der Waals surface area contributed by atoms with Gasteiger partial charge in [-0.25, -0.2) is 4.39 Å². The predicted molar refractivity (Wildman–Crippen MR) is 144 cm³/mol. The van der Waals surface area contributed by atoms with E-state index in [-0.39, 0.29) is 18.1 Å². The van der Waals surface area contributed by atoms with Crippen molar-refractivity contribution in [3.63, 3.8) is 0 Å². The smallest absolute Gasteiger partial charge is 0.221 e. The summed E-state index contributed by atoms with van der Waals surface area (Å²) in [6.07, 6.45) is -0.375. The Morgan fingerprint density at radius 1 is 1.14 bits per heavy atom. The van der Waals surface area contributed by atoms with Crippen LogP contribution in [0.3, 0.4) is 0 Å². The Morgan fingerprint density at radius 3 is 2.65 bits per heavy atom. The number of carbonyl (C=O) groups excluding carboxylic acids is 1. The zero-order chi connectivity index (χ0) is 26.3. The second kappa shape index (κ2) is 10.2. The van der Waals surface area contributed by atoms with Crippen molar-refractivity contribution in [1.29, 1.82) is 5.41 Å². The highest BCUT2D eigenvalue weighted by molar-refractivity contribution is 6.31. The second-order valence-electron chi connectivity index (χ2n) is 9.22. The number of aliphatic hydroxyl groups is 1. The Hall–Kier alpha value is -3.33. The largest absolute Gasteiger partial charge is 0.389 e. The molecule has 4 aromatic rings. The summed E-state index contributed by atoms with van der Waals surface area (Å²) in [5.74, 6) is -0.622. The molecule has 37 heavy (non-hydrogen) atoms. The maximum atomic E-state index is 14.4. The molecule has 1 amide bonds. The van der Waals surface area contributed by atoms with Gasteiger partial charge in [0.2, 0.25) is 11.5 Å². The van der Waals surface area contributed by atoms with E-state index in [4.69, 9.17) is 28.6 Å². The molecule has 0 bridgehead atoms. The summed E-state index contributed by atoms with van der Waals surface area (Å²) in [5.41, 5.74) is 3.53. The van der Waals surface area contributed by atoms with Crippen molar-refractivity contribution in [3.8, 4) is 0 Å². The van der Waals surface area contributed by atoms with Crippen LogP contribution in [0.15, 0.2) is 60.7 Å². The number of nitrogens with zero attached hydrogens (tertiary/aromatic N) is 3. The number of amides is 1. The first-order valence-corrected chi connectivity index (χ1v) is 12.7. The van der Waals surface area contributed by atoms with Gasteiger partial charge in [0.1, 0.15) is 5.82 Å². The lowest BCUT2D eigenvalue weighted by Crippen LogP contribution is -2.47. The molecule has 1 fully saturated rings. The van der Waals surface area contributed by atoms with E-state index in [0.717, 1.165) is 5.56 Å². The topological polar surface area (TPSA) is 86.3 Å². The maximum absolute atomic E-state index is 14.4. The second-order valence-corrected chi connectivity index (χ2v) is 10.1. The van der Waals surface area contributed by atoms with Crippen molar-refractivity contribution in [2.45, 2.75) is 32.0 Å². The van der Waals surface area contributed by atoms with Crippen LogP contribution < -0.4 is 15.8 Å². The minimum atomic E-state index is -0.866. The predicted octanol–water partition coefficient (Wildman–Crippen LogP) is 5.19. The lowest BCUT2D eigenvalue weighted by Gasteiger charge is -2.38. The number of fused-ring (bicyclic) bond motifs is 1. The number of benzene rings is 3. The van der Waals surface area contributed by atoms with Gasteiger partial charge in [-0.15, -0.1) is 0 Å². The highest BCUT2D eigenvalue weighted by Gasteiger charge is 2.32. The summed E-state index contributed by atoms with van der Waals surface area (Å²) < 4.78 is 17.9. The van der Waals surface area contributed by atoms with Crippen molar-refractivity contribution in [2.24, 2.45) is 0 Å². The van der Waals surface area contributed by atoms with Crippen molar-refractivity contribution in [2.75, 3.05) is 23.3 Å². The van der Waals surface area contributed by atoms with E-state index >= 15 is 0 Å². The monoisotopic (exact) mass is 541 g/mol. The number of nitrogens with one attached hydrogen (secondary N) is 2. The minimum absolute atomic E-state index is 0.153. The highest BCUT2D eigenvalue weighted by Crippen LogP contribution is 2.35. The van der Waals surface area contributed by atoms with Crippen LogP contribution in [0.4, 0.5) is 15.8 Å². The van der Waals surface area contributed by atoms with Crippen LogP contribution in [0, 0.1) is 11.2 Å². The van der Waals surface area contributed by atoms with Crippen LogP contribution in [0.25, 0.3) is 11.0 Å². The average Bonchev–Trinajstić information content (AvgIpc) is 3.11. The first-order valence-electron chi connectivity index (χ1n) is 11.9. The van der Waals surface area contributed by atoms with E-state index in [0.29, 0.717) is 52.0 Å². The number of piperidine rings is 1. The van der Waals surface area contributed by atoms with Gasteiger partial charge in [0, 0.05) is 30.1 Å². The molecule has 7 nitrogen and oxygen atoms in total. The van der Waals surface area contributed by atoms with Gasteiger partial charge >= 0.3 is 0 Å². The van der Waals surface area contributed by atoms with Gasteiger partial charge in [-0.1, -0.05) is 41.4 Å². The quantitative estimate of drug-likeness (QED) is 0.325. The maximum Gasteiger partial charge on any atom is 0.221 e. The number of β-amino-alcohol motifs (C(OH)–C–C–N with tert-alkyl or cyclic N) is 1. The summed E-state index contributed by atoms with van der Waals surface area (Å²) in [5, 5.41) is 24.2. The van der Waals surface area contributed by atoms with Crippen molar-refractivity contribution in [1.82, 2.24) is 9.13 Å². The van der Waals surface area contributed by atoms with E-state index in [2.05, 4.69) is 5.32 Å². The molecule has 1 saturated heterocycles. The van der Waals surface area contributed by atoms with Gasteiger partial charge in [-0.3, -0.25) is 10.2 Å². The zero-order valence-electron chi connectivity index (χ0n) is 20.1. The number of hydrogen-bond acceptors (Lipinski definition) is 4. The molecule has 1 aliphatic rings. The van der Waals surface area contributed by atoms with E-state index in [9.17, 15) is 14.3 Å². The molecule has 3 aromatic carbocycles. The van der Waals surface area contributed by atoms with Gasteiger partial charge in [0.15, 0.2) is 0 Å². The van der Waals surface area contributed by atoms with Gasteiger partial charge in [0.05, 0.1) is 41.1 Å². The summed E-state index contributed by atoms with van der Waals surface area (Å²) >= 11 is 12.6. The molecule has 0 saturated carbocycles. The van der Waals surface area contributed by atoms with E-state index < -0.39 is 18.0 Å². The fourth-order valence-corrected chi connectivity index (χ4v) is 5.43.